The first-order valence-corrected chi connectivity index (χ1v) is 11.1. The number of rotatable bonds is 8. The van der Waals surface area contributed by atoms with Crippen LogP contribution in [0.2, 0.25) is 0 Å². The molecule has 0 amide bonds. The van der Waals surface area contributed by atoms with Gasteiger partial charge in [0.1, 0.15) is 35.8 Å². The summed E-state index contributed by atoms with van der Waals surface area (Å²) in [5.74, 6) is -1.56. The maximum atomic E-state index is 12.6. The van der Waals surface area contributed by atoms with Gasteiger partial charge in [-0.15, -0.1) is 0 Å². The number of ether oxygens (including phenoxy) is 4. The van der Waals surface area contributed by atoms with Gasteiger partial charge in [0.2, 0.25) is 0 Å². The molecule has 0 aliphatic rings. The van der Waals surface area contributed by atoms with Crippen molar-refractivity contribution >= 4 is 18.1 Å². The Kier molecular flexibility index (Phi) is 8.07. The van der Waals surface area contributed by atoms with E-state index in [9.17, 15) is 14.4 Å². The van der Waals surface area contributed by atoms with E-state index < -0.39 is 18.1 Å². The average Bonchev–Trinajstić information content (AvgIpc) is 2.92. The van der Waals surface area contributed by atoms with E-state index in [1.165, 1.54) is 12.1 Å². The van der Waals surface area contributed by atoms with Crippen LogP contribution in [-0.4, -0.2) is 18.1 Å². The zero-order valence-corrected chi connectivity index (χ0v) is 19.2. The molecular weight excluding hydrogens is 460 g/mol. The SMILES string of the molecule is O=C(OC(=O)c1ccccc1OCc1ccccc1)OC(=O)c1ccccc1OCc1ccccc1. The Morgan fingerprint density at radius 2 is 0.833 bits per heavy atom. The Labute approximate surface area is 207 Å². The number of carbonyl (C=O) groups excluding carboxylic acids is 3. The van der Waals surface area contributed by atoms with Crippen LogP contribution in [0.15, 0.2) is 109 Å². The molecule has 0 radical (unpaired) electrons. The summed E-state index contributed by atoms with van der Waals surface area (Å²) in [6.45, 7) is 0.432. The topological polar surface area (TPSA) is 88.1 Å². The summed E-state index contributed by atoms with van der Waals surface area (Å²) in [6, 6.07) is 31.4. The van der Waals surface area contributed by atoms with Crippen LogP contribution in [0.5, 0.6) is 11.5 Å². The van der Waals surface area contributed by atoms with Gasteiger partial charge in [0.05, 0.1) is 0 Å². The molecule has 4 aromatic rings. The largest absolute Gasteiger partial charge is 0.524 e. The summed E-state index contributed by atoms with van der Waals surface area (Å²) < 4.78 is 20.9. The van der Waals surface area contributed by atoms with Crippen molar-refractivity contribution in [2.24, 2.45) is 0 Å². The first-order chi connectivity index (χ1) is 17.6. The van der Waals surface area contributed by atoms with Crippen molar-refractivity contribution in [1.82, 2.24) is 0 Å². The van der Waals surface area contributed by atoms with Crippen LogP contribution < -0.4 is 9.47 Å². The van der Waals surface area contributed by atoms with Gasteiger partial charge in [0.15, 0.2) is 0 Å². The quantitative estimate of drug-likeness (QED) is 0.226. The summed E-state index contributed by atoms with van der Waals surface area (Å²) in [7, 11) is 0. The van der Waals surface area contributed by atoms with Crippen LogP contribution in [0, 0.1) is 0 Å². The molecule has 0 spiro atoms. The molecule has 0 saturated heterocycles. The van der Waals surface area contributed by atoms with Crippen molar-refractivity contribution in [1.29, 1.82) is 0 Å². The lowest BCUT2D eigenvalue weighted by molar-refractivity contribution is 0.0333. The number of hydrogen-bond donors (Lipinski definition) is 0. The molecule has 0 saturated carbocycles. The van der Waals surface area contributed by atoms with E-state index in [0.717, 1.165) is 11.1 Å². The Morgan fingerprint density at radius 3 is 1.25 bits per heavy atom. The van der Waals surface area contributed by atoms with Crippen LogP contribution in [-0.2, 0) is 22.7 Å². The minimum absolute atomic E-state index is 0.0180. The standard InChI is InChI=1S/C29H22O7/c30-27(23-15-7-9-17-25(23)33-19-21-11-3-1-4-12-21)35-29(32)36-28(31)24-16-8-10-18-26(24)34-20-22-13-5-2-6-14-22/h1-18H,19-20H2. The van der Waals surface area contributed by atoms with Gasteiger partial charge in [0, 0.05) is 0 Å². The number of benzene rings is 4. The van der Waals surface area contributed by atoms with Gasteiger partial charge in [-0.2, -0.15) is 0 Å². The molecule has 36 heavy (non-hydrogen) atoms. The van der Waals surface area contributed by atoms with Crippen molar-refractivity contribution in [3.63, 3.8) is 0 Å². The van der Waals surface area contributed by atoms with Gasteiger partial charge in [-0.05, 0) is 35.4 Å². The predicted molar refractivity (Wildman–Crippen MR) is 131 cm³/mol. The molecule has 4 rings (SSSR count). The van der Waals surface area contributed by atoms with Crippen molar-refractivity contribution in [3.05, 3.63) is 131 Å². The summed E-state index contributed by atoms with van der Waals surface area (Å²) >= 11 is 0. The second kappa shape index (κ2) is 12.0. The molecule has 0 N–H and O–H groups in total. The van der Waals surface area contributed by atoms with Crippen molar-refractivity contribution < 1.29 is 33.3 Å². The minimum Gasteiger partial charge on any atom is -0.488 e. The monoisotopic (exact) mass is 482 g/mol. The lowest BCUT2D eigenvalue weighted by atomic mass is 10.2. The van der Waals surface area contributed by atoms with Gasteiger partial charge >= 0.3 is 18.1 Å². The summed E-state index contributed by atoms with van der Waals surface area (Å²) in [5, 5.41) is 0. The Hall–Kier alpha value is -4.91. The zero-order chi connectivity index (χ0) is 25.2. The molecule has 7 nitrogen and oxygen atoms in total. The smallest absolute Gasteiger partial charge is 0.488 e. The fourth-order valence-electron chi connectivity index (χ4n) is 3.28. The van der Waals surface area contributed by atoms with Gasteiger partial charge in [0.25, 0.3) is 0 Å². The molecule has 7 heteroatoms. The zero-order valence-electron chi connectivity index (χ0n) is 19.2. The summed E-state index contributed by atoms with van der Waals surface area (Å²) in [4.78, 5) is 37.4. The van der Waals surface area contributed by atoms with Crippen LogP contribution in [0.4, 0.5) is 4.79 Å². The molecule has 0 fully saturated rings. The highest BCUT2D eigenvalue weighted by atomic mass is 16.8. The normalized spacial score (nSPS) is 10.2. The highest BCUT2D eigenvalue weighted by molar-refractivity contribution is 6.02. The van der Waals surface area contributed by atoms with Crippen molar-refractivity contribution in [3.8, 4) is 11.5 Å². The van der Waals surface area contributed by atoms with Crippen molar-refractivity contribution in [2.75, 3.05) is 0 Å². The van der Waals surface area contributed by atoms with Gasteiger partial charge < -0.3 is 18.9 Å². The first kappa shape index (κ1) is 24.2. The molecule has 0 unspecified atom stereocenters. The van der Waals surface area contributed by atoms with Crippen LogP contribution in [0.25, 0.3) is 0 Å². The third-order valence-electron chi connectivity index (χ3n) is 5.04. The van der Waals surface area contributed by atoms with Gasteiger partial charge in [-0.1, -0.05) is 84.9 Å². The molecule has 0 aliphatic heterocycles. The minimum atomic E-state index is -1.46. The van der Waals surface area contributed by atoms with E-state index in [1.807, 2.05) is 60.7 Å². The molecule has 0 bridgehead atoms. The van der Waals surface area contributed by atoms with Crippen LogP contribution in [0.1, 0.15) is 31.8 Å². The molecular formula is C29H22O7. The van der Waals surface area contributed by atoms with E-state index in [4.69, 9.17) is 18.9 Å². The average molecular weight is 482 g/mol. The second-order valence-electron chi connectivity index (χ2n) is 7.57. The molecule has 0 heterocycles. The lowest BCUT2D eigenvalue weighted by Crippen LogP contribution is -2.19. The number of carbonyl (C=O) groups is 3. The van der Waals surface area contributed by atoms with E-state index in [2.05, 4.69) is 0 Å². The maximum absolute atomic E-state index is 12.6. The first-order valence-electron chi connectivity index (χ1n) is 11.1. The maximum Gasteiger partial charge on any atom is 0.524 e. The molecule has 0 aliphatic carbocycles. The summed E-state index contributed by atoms with van der Waals surface area (Å²) in [6.07, 6.45) is -1.46. The predicted octanol–water partition coefficient (Wildman–Crippen LogP) is 5.98. The Morgan fingerprint density at radius 1 is 0.472 bits per heavy atom. The fourth-order valence-corrected chi connectivity index (χ4v) is 3.28. The number of hydrogen-bond acceptors (Lipinski definition) is 7. The van der Waals surface area contributed by atoms with E-state index in [0.29, 0.717) is 0 Å². The van der Waals surface area contributed by atoms with E-state index >= 15 is 0 Å². The summed E-state index contributed by atoms with van der Waals surface area (Å²) in [5.41, 5.74) is 1.84. The number of esters is 2. The highest BCUT2D eigenvalue weighted by Crippen LogP contribution is 2.22. The van der Waals surface area contributed by atoms with Gasteiger partial charge in [-0.25, -0.2) is 14.4 Å². The lowest BCUT2D eigenvalue weighted by Gasteiger charge is -2.12. The van der Waals surface area contributed by atoms with Gasteiger partial charge in [-0.3, -0.25) is 0 Å². The second-order valence-corrected chi connectivity index (χ2v) is 7.57. The molecule has 180 valence electrons. The van der Waals surface area contributed by atoms with Crippen LogP contribution in [0.3, 0.4) is 0 Å². The fraction of sp³-hybridized carbons (Fsp3) is 0.0690. The van der Waals surface area contributed by atoms with E-state index in [-0.39, 0.29) is 35.8 Å². The third-order valence-corrected chi connectivity index (χ3v) is 5.04. The highest BCUT2D eigenvalue weighted by Gasteiger charge is 2.23. The molecule has 0 atom stereocenters. The van der Waals surface area contributed by atoms with Crippen molar-refractivity contribution in [2.45, 2.75) is 13.2 Å². The molecule has 0 aromatic heterocycles. The third kappa shape index (κ3) is 6.57. The molecule has 4 aromatic carbocycles. The number of para-hydroxylation sites is 2. The van der Waals surface area contributed by atoms with E-state index in [1.54, 1.807) is 36.4 Å². The van der Waals surface area contributed by atoms with Crippen LogP contribution >= 0.6 is 0 Å². The Bertz CT molecular complexity index is 1230. The Balaban J connectivity index is 1.37.